The molecule has 29 heavy (non-hydrogen) atoms. The van der Waals surface area contributed by atoms with Crippen LogP contribution in [-0.2, 0) is 16.1 Å². The van der Waals surface area contributed by atoms with E-state index in [0.29, 0.717) is 41.0 Å². The average Bonchev–Trinajstić information content (AvgIpc) is 3.05. The lowest BCUT2D eigenvalue weighted by atomic mass is 10.0. The third-order valence-electron chi connectivity index (χ3n) is 5.34. The highest BCUT2D eigenvalue weighted by atomic mass is 35.5. The number of hydrogen-bond acceptors (Lipinski definition) is 6. The van der Waals surface area contributed by atoms with Crippen molar-refractivity contribution in [2.45, 2.75) is 38.4 Å². The largest absolute Gasteiger partial charge is 0.480 e. The van der Waals surface area contributed by atoms with Gasteiger partial charge in [0, 0.05) is 36.9 Å². The molecule has 2 aliphatic heterocycles. The fourth-order valence-electron chi connectivity index (χ4n) is 3.58. The molecular weight excluding hydrogens is 396 g/mol. The highest BCUT2D eigenvalue weighted by Gasteiger charge is 2.34. The summed E-state index contributed by atoms with van der Waals surface area (Å²) in [5, 5.41) is 12.9. The van der Waals surface area contributed by atoms with Crippen LogP contribution in [0.3, 0.4) is 0 Å². The second kappa shape index (κ2) is 7.96. The van der Waals surface area contributed by atoms with E-state index < -0.39 is 12.0 Å². The van der Waals surface area contributed by atoms with Gasteiger partial charge in [-0.25, -0.2) is 14.8 Å². The van der Waals surface area contributed by atoms with Gasteiger partial charge in [0.2, 0.25) is 5.95 Å². The summed E-state index contributed by atoms with van der Waals surface area (Å²) in [5.74, 6) is -0.860. The lowest BCUT2D eigenvalue weighted by Gasteiger charge is -2.23. The van der Waals surface area contributed by atoms with E-state index in [1.165, 1.54) is 11.8 Å². The summed E-state index contributed by atoms with van der Waals surface area (Å²) in [4.78, 5) is 34.2. The first kappa shape index (κ1) is 19.6. The van der Waals surface area contributed by atoms with Gasteiger partial charge in [0.05, 0.1) is 16.9 Å². The Hall–Kier alpha value is -2.71. The maximum absolute atomic E-state index is 12.7. The number of benzene rings is 1. The van der Waals surface area contributed by atoms with E-state index in [1.807, 2.05) is 12.1 Å². The van der Waals surface area contributed by atoms with Gasteiger partial charge in [-0.2, -0.15) is 0 Å². The molecule has 9 heteroatoms. The monoisotopic (exact) mass is 416 g/mol. The lowest BCUT2D eigenvalue weighted by molar-refractivity contribution is -0.141. The SMILES string of the molecule is CC(C(=O)O)N1Cc2ccc(-c3nc(NC4CCOCC4)ncc3Cl)cc2C1=O. The molecule has 1 fully saturated rings. The highest BCUT2D eigenvalue weighted by Crippen LogP contribution is 2.32. The van der Waals surface area contributed by atoms with Crippen molar-refractivity contribution in [1.29, 1.82) is 0 Å². The van der Waals surface area contributed by atoms with Crippen molar-refractivity contribution in [3.63, 3.8) is 0 Å². The van der Waals surface area contributed by atoms with Crippen molar-refractivity contribution < 1.29 is 19.4 Å². The smallest absolute Gasteiger partial charge is 0.326 e. The maximum atomic E-state index is 12.7. The van der Waals surface area contributed by atoms with Crippen LogP contribution in [0.25, 0.3) is 11.3 Å². The van der Waals surface area contributed by atoms with Gasteiger partial charge >= 0.3 is 5.97 Å². The predicted molar refractivity (Wildman–Crippen MR) is 107 cm³/mol. The average molecular weight is 417 g/mol. The van der Waals surface area contributed by atoms with E-state index in [2.05, 4.69) is 15.3 Å². The van der Waals surface area contributed by atoms with Crippen LogP contribution in [0.15, 0.2) is 24.4 Å². The normalized spacial score (nSPS) is 17.9. The molecule has 1 atom stereocenters. The summed E-state index contributed by atoms with van der Waals surface area (Å²) in [6, 6.07) is 4.73. The molecule has 1 unspecified atom stereocenters. The number of halogens is 1. The van der Waals surface area contributed by atoms with Crippen LogP contribution in [0.4, 0.5) is 5.95 Å². The van der Waals surface area contributed by atoms with E-state index in [9.17, 15) is 14.7 Å². The number of carboxylic acids is 1. The molecule has 2 aliphatic rings. The standard InChI is InChI=1S/C20H21ClN4O4/c1-11(19(27)28)25-10-13-3-2-12(8-15(13)18(25)26)17-16(21)9-22-20(24-17)23-14-4-6-29-7-5-14/h2-3,8-9,11,14H,4-7,10H2,1H3,(H,27,28)(H,22,23,24). The third kappa shape index (κ3) is 3.90. The summed E-state index contributed by atoms with van der Waals surface area (Å²) in [7, 11) is 0. The van der Waals surface area contributed by atoms with Crippen LogP contribution < -0.4 is 5.32 Å². The van der Waals surface area contributed by atoms with Crippen LogP contribution >= 0.6 is 11.6 Å². The highest BCUT2D eigenvalue weighted by molar-refractivity contribution is 6.33. The number of rotatable bonds is 5. The van der Waals surface area contributed by atoms with Crippen molar-refractivity contribution >= 4 is 29.4 Å². The molecular formula is C20H21ClN4O4. The Balaban J connectivity index is 1.61. The molecule has 4 rings (SSSR count). The van der Waals surface area contributed by atoms with E-state index in [1.54, 1.807) is 12.3 Å². The second-order valence-corrected chi connectivity index (χ2v) is 7.65. The zero-order valence-electron chi connectivity index (χ0n) is 15.9. The quantitative estimate of drug-likeness (QED) is 0.772. The van der Waals surface area contributed by atoms with Gasteiger partial charge in [-0.3, -0.25) is 4.79 Å². The minimum Gasteiger partial charge on any atom is -0.480 e. The third-order valence-corrected chi connectivity index (χ3v) is 5.62. The molecule has 8 nitrogen and oxygen atoms in total. The molecule has 0 bridgehead atoms. The Morgan fingerprint density at radius 3 is 2.86 bits per heavy atom. The van der Waals surface area contributed by atoms with Crippen molar-refractivity contribution in [1.82, 2.24) is 14.9 Å². The minimum atomic E-state index is -1.03. The number of aliphatic carboxylic acids is 1. The number of fused-ring (bicyclic) bond motifs is 1. The van der Waals surface area contributed by atoms with Crippen LogP contribution in [0.1, 0.15) is 35.7 Å². The Labute approximate surface area is 172 Å². The number of nitrogens with one attached hydrogen (secondary N) is 1. The van der Waals surface area contributed by atoms with Gasteiger partial charge in [-0.15, -0.1) is 0 Å². The molecule has 0 saturated carbocycles. The minimum absolute atomic E-state index is 0.241. The number of aromatic nitrogens is 2. The Bertz CT molecular complexity index is 961. The molecule has 0 radical (unpaired) electrons. The number of anilines is 1. The molecule has 1 saturated heterocycles. The summed E-state index contributed by atoms with van der Waals surface area (Å²) >= 11 is 6.34. The summed E-state index contributed by atoms with van der Waals surface area (Å²) in [6.45, 7) is 3.19. The van der Waals surface area contributed by atoms with Crippen molar-refractivity contribution in [2.75, 3.05) is 18.5 Å². The lowest BCUT2D eigenvalue weighted by Crippen LogP contribution is -2.38. The molecule has 0 spiro atoms. The van der Waals surface area contributed by atoms with Crippen molar-refractivity contribution in [3.8, 4) is 11.3 Å². The first-order chi connectivity index (χ1) is 13.9. The molecule has 1 amide bonds. The van der Waals surface area contributed by atoms with Crippen LogP contribution in [0, 0.1) is 0 Å². The van der Waals surface area contributed by atoms with E-state index >= 15 is 0 Å². The number of ether oxygens (including phenoxy) is 1. The van der Waals surface area contributed by atoms with Gasteiger partial charge in [0.15, 0.2) is 0 Å². The molecule has 3 heterocycles. The molecule has 1 aromatic heterocycles. The topological polar surface area (TPSA) is 105 Å². The molecule has 1 aromatic carbocycles. The van der Waals surface area contributed by atoms with Gasteiger partial charge in [-0.05, 0) is 31.4 Å². The number of carboxylic acid groups (broad SMARTS) is 1. The van der Waals surface area contributed by atoms with E-state index in [0.717, 1.165) is 18.4 Å². The first-order valence-corrected chi connectivity index (χ1v) is 9.85. The zero-order valence-corrected chi connectivity index (χ0v) is 16.6. The molecule has 0 aliphatic carbocycles. The fraction of sp³-hybridized carbons (Fsp3) is 0.400. The number of hydrogen-bond donors (Lipinski definition) is 2. The predicted octanol–water partition coefficient (Wildman–Crippen LogP) is 2.82. The first-order valence-electron chi connectivity index (χ1n) is 9.48. The zero-order chi connectivity index (χ0) is 20.5. The summed E-state index contributed by atoms with van der Waals surface area (Å²) < 4.78 is 5.37. The van der Waals surface area contributed by atoms with Crippen molar-refractivity contribution in [3.05, 3.63) is 40.5 Å². The Morgan fingerprint density at radius 1 is 1.38 bits per heavy atom. The maximum Gasteiger partial charge on any atom is 0.326 e. The molecule has 2 N–H and O–H groups in total. The van der Waals surface area contributed by atoms with Crippen molar-refractivity contribution in [2.24, 2.45) is 0 Å². The number of carbonyl (C=O) groups is 2. The van der Waals surface area contributed by atoms with Gasteiger partial charge in [0.1, 0.15) is 6.04 Å². The number of nitrogens with zero attached hydrogens (tertiary/aromatic N) is 3. The van der Waals surface area contributed by atoms with Gasteiger partial charge in [0.25, 0.3) is 5.91 Å². The fourth-order valence-corrected chi connectivity index (χ4v) is 3.78. The van der Waals surface area contributed by atoms with E-state index in [-0.39, 0.29) is 18.5 Å². The summed E-state index contributed by atoms with van der Waals surface area (Å²) in [6.07, 6.45) is 3.30. The van der Waals surface area contributed by atoms with Gasteiger partial charge < -0.3 is 20.1 Å². The van der Waals surface area contributed by atoms with Crippen LogP contribution in [0.2, 0.25) is 5.02 Å². The number of carbonyl (C=O) groups excluding carboxylic acids is 1. The Kier molecular flexibility index (Phi) is 5.38. The number of amides is 1. The Morgan fingerprint density at radius 2 is 2.14 bits per heavy atom. The molecule has 2 aromatic rings. The molecule has 152 valence electrons. The van der Waals surface area contributed by atoms with Crippen LogP contribution in [-0.4, -0.2) is 57.1 Å². The second-order valence-electron chi connectivity index (χ2n) is 7.24. The van der Waals surface area contributed by atoms with Crippen LogP contribution in [0.5, 0.6) is 0 Å². The van der Waals surface area contributed by atoms with E-state index in [4.69, 9.17) is 16.3 Å². The van der Waals surface area contributed by atoms with Gasteiger partial charge in [-0.1, -0.05) is 23.7 Å². The summed E-state index contributed by atoms with van der Waals surface area (Å²) in [5.41, 5.74) is 2.47.